The van der Waals surface area contributed by atoms with Crippen molar-refractivity contribution < 1.29 is 9.47 Å². The fraction of sp³-hybridized carbons (Fsp3) is 0.583. The minimum absolute atomic E-state index is 0.119. The molecule has 1 aromatic heterocycles. The van der Waals surface area contributed by atoms with Gasteiger partial charge in [-0.1, -0.05) is 31.9 Å². The van der Waals surface area contributed by atoms with Gasteiger partial charge in [-0.2, -0.15) is 4.98 Å². The smallest absolute Gasteiger partial charge is 0.300 e. The summed E-state index contributed by atoms with van der Waals surface area (Å²) in [6.07, 6.45) is 9.09. The monoisotopic (exact) mass is 394 g/mol. The minimum Gasteiger partial charge on any atom is -0.490 e. The van der Waals surface area contributed by atoms with Gasteiger partial charge in [0.2, 0.25) is 0 Å². The zero-order valence-electron chi connectivity index (χ0n) is 17.2. The second-order valence-corrected chi connectivity index (χ2v) is 8.86. The lowest BCUT2D eigenvalue weighted by atomic mass is 9.62. The molecule has 5 rings (SSSR count). The normalized spacial score (nSPS) is 27.9. The van der Waals surface area contributed by atoms with Gasteiger partial charge in [0.15, 0.2) is 6.10 Å². The summed E-state index contributed by atoms with van der Waals surface area (Å²) in [5.41, 5.74) is 2.22. The number of ether oxygens (including phenoxy) is 2. The number of benzene rings is 1. The lowest BCUT2D eigenvalue weighted by Crippen LogP contribution is -2.30. The molecule has 2 saturated carbocycles. The van der Waals surface area contributed by atoms with Gasteiger partial charge in [-0.25, -0.2) is 0 Å². The van der Waals surface area contributed by atoms with Crippen LogP contribution in [-0.4, -0.2) is 22.3 Å². The fourth-order valence-electron chi connectivity index (χ4n) is 5.78. The van der Waals surface area contributed by atoms with Crippen LogP contribution in [0.4, 0.5) is 0 Å². The SMILES string of the molecule is CCc1cc(=O)nc2n1C[C@@H](COc1ccc(C3C4CCCC3CCC4)cc1)O2. The van der Waals surface area contributed by atoms with E-state index in [0.29, 0.717) is 19.2 Å². The Morgan fingerprint density at radius 2 is 1.79 bits per heavy atom. The summed E-state index contributed by atoms with van der Waals surface area (Å²) in [6, 6.07) is 10.8. The number of fused-ring (bicyclic) bond motifs is 3. The lowest BCUT2D eigenvalue weighted by Gasteiger charge is -2.43. The van der Waals surface area contributed by atoms with E-state index in [4.69, 9.17) is 9.47 Å². The summed E-state index contributed by atoms with van der Waals surface area (Å²) in [6.45, 7) is 3.16. The van der Waals surface area contributed by atoms with Crippen molar-refractivity contribution in [2.24, 2.45) is 11.8 Å². The third-order valence-corrected chi connectivity index (χ3v) is 7.11. The summed E-state index contributed by atoms with van der Waals surface area (Å²) in [4.78, 5) is 15.7. The molecule has 5 heteroatoms. The maximum atomic E-state index is 11.7. The number of aromatic nitrogens is 2. The van der Waals surface area contributed by atoms with E-state index in [-0.39, 0.29) is 11.7 Å². The summed E-state index contributed by atoms with van der Waals surface area (Å²) in [5, 5.41) is 0. The zero-order valence-corrected chi connectivity index (χ0v) is 17.2. The average molecular weight is 395 g/mol. The summed E-state index contributed by atoms with van der Waals surface area (Å²) in [7, 11) is 0. The molecular weight excluding hydrogens is 364 g/mol. The van der Waals surface area contributed by atoms with Crippen molar-refractivity contribution in [2.75, 3.05) is 6.61 Å². The van der Waals surface area contributed by atoms with Gasteiger partial charge in [0.05, 0.1) is 6.54 Å². The molecule has 154 valence electrons. The van der Waals surface area contributed by atoms with E-state index in [1.165, 1.54) is 44.1 Å². The van der Waals surface area contributed by atoms with Crippen molar-refractivity contribution in [3.63, 3.8) is 0 Å². The van der Waals surface area contributed by atoms with E-state index in [0.717, 1.165) is 35.6 Å². The van der Waals surface area contributed by atoms with Crippen LogP contribution in [0.2, 0.25) is 0 Å². The Bertz CT molecular complexity index is 899. The van der Waals surface area contributed by atoms with Gasteiger partial charge in [-0.3, -0.25) is 9.36 Å². The molecule has 3 aliphatic rings. The molecule has 0 radical (unpaired) electrons. The van der Waals surface area contributed by atoms with Crippen molar-refractivity contribution >= 4 is 0 Å². The van der Waals surface area contributed by atoms with E-state index < -0.39 is 0 Å². The molecule has 2 heterocycles. The maximum Gasteiger partial charge on any atom is 0.300 e. The van der Waals surface area contributed by atoms with Gasteiger partial charge in [-0.05, 0) is 67.6 Å². The number of aryl methyl sites for hydroxylation is 1. The molecule has 2 fully saturated rings. The maximum absolute atomic E-state index is 11.7. The van der Waals surface area contributed by atoms with E-state index in [9.17, 15) is 4.79 Å². The highest BCUT2D eigenvalue weighted by Gasteiger charge is 2.37. The van der Waals surface area contributed by atoms with Crippen LogP contribution >= 0.6 is 0 Å². The Hall–Kier alpha value is -2.30. The van der Waals surface area contributed by atoms with Gasteiger partial charge < -0.3 is 9.47 Å². The van der Waals surface area contributed by atoms with Gasteiger partial charge in [0, 0.05) is 11.8 Å². The highest BCUT2D eigenvalue weighted by atomic mass is 16.6. The molecule has 0 saturated heterocycles. The van der Waals surface area contributed by atoms with Crippen molar-refractivity contribution in [2.45, 2.75) is 70.4 Å². The number of rotatable bonds is 5. The molecular formula is C24H30N2O3. The van der Waals surface area contributed by atoms with Crippen molar-refractivity contribution in [1.82, 2.24) is 9.55 Å². The number of hydrogen-bond acceptors (Lipinski definition) is 4. The number of hydrogen-bond donors (Lipinski definition) is 0. The Morgan fingerprint density at radius 1 is 1.10 bits per heavy atom. The Labute approximate surface area is 172 Å². The van der Waals surface area contributed by atoms with Crippen molar-refractivity contribution in [3.8, 4) is 11.8 Å². The second kappa shape index (κ2) is 7.85. The van der Waals surface area contributed by atoms with Crippen molar-refractivity contribution in [1.29, 1.82) is 0 Å². The highest BCUT2D eigenvalue weighted by molar-refractivity contribution is 5.31. The predicted octanol–water partition coefficient (Wildman–Crippen LogP) is 4.33. The molecule has 2 bridgehead atoms. The Balaban J connectivity index is 1.22. The van der Waals surface area contributed by atoms with Crippen LogP contribution in [0.1, 0.15) is 62.6 Å². The minimum atomic E-state index is -0.238. The number of nitrogens with zero attached hydrogens (tertiary/aromatic N) is 2. The van der Waals surface area contributed by atoms with E-state index in [1.807, 2.05) is 11.5 Å². The second-order valence-electron chi connectivity index (χ2n) is 8.86. The highest BCUT2D eigenvalue weighted by Crippen LogP contribution is 2.49. The predicted molar refractivity (Wildman–Crippen MR) is 112 cm³/mol. The summed E-state index contributed by atoms with van der Waals surface area (Å²) in [5.74, 6) is 3.38. The van der Waals surface area contributed by atoms with Crippen LogP contribution in [0.15, 0.2) is 35.1 Å². The topological polar surface area (TPSA) is 53.4 Å². The van der Waals surface area contributed by atoms with E-state index in [1.54, 1.807) is 6.07 Å². The first-order valence-electron chi connectivity index (χ1n) is 11.2. The molecule has 2 aliphatic carbocycles. The summed E-state index contributed by atoms with van der Waals surface area (Å²) >= 11 is 0. The first kappa shape index (κ1) is 18.7. The third kappa shape index (κ3) is 3.67. The molecule has 1 aliphatic heterocycles. The fourth-order valence-corrected chi connectivity index (χ4v) is 5.78. The largest absolute Gasteiger partial charge is 0.490 e. The molecule has 0 unspecified atom stereocenters. The van der Waals surface area contributed by atoms with Gasteiger partial charge in [0.25, 0.3) is 11.6 Å². The molecule has 0 amide bonds. The van der Waals surface area contributed by atoms with Crippen LogP contribution in [0.5, 0.6) is 11.8 Å². The van der Waals surface area contributed by atoms with E-state index >= 15 is 0 Å². The van der Waals surface area contributed by atoms with Crippen molar-refractivity contribution in [3.05, 3.63) is 51.9 Å². The standard InChI is InChI=1S/C24H30N2O3/c1-2-19-13-22(27)25-24-26(19)14-21(29-24)15-28-20-11-9-18(10-12-20)23-16-5-3-6-17(23)8-4-7-16/h9-13,16-17,21,23H,2-8,14-15H2,1H3/t16?,17?,21-,23?/m0/s1. The summed E-state index contributed by atoms with van der Waals surface area (Å²) < 4.78 is 13.9. The van der Waals surface area contributed by atoms with Crippen LogP contribution in [0.3, 0.4) is 0 Å². The van der Waals surface area contributed by atoms with Crippen LogP contribution in [0, 0.1) is 11.8 Å². The Morgan fingerprint density at radius 3 is 2.45 bits per heavy atom. The van der Waals surface area contributed by atoms with Gasteiger partial charge in [0.1, 0.15) is 12.4 Å². The van der Waals surface area contributed by atoms with Gasteiger partial charge in [-0.15, -0.1) is 0 Å². The molecule has 1 aromatic carbocycles. The quantitative estimate of drug-likeness (QED) is 0.757. The molecule has 0 spiro atoms. The Kier molecular flexibility index (Phi) is 5.06. The van der Waals surface area contributed by atoms with E-state index in [2.05, 4.69) is 29.2 Å². The van der Waals surface area contributed by atoms with Crippen LogP contribution in [0.25, 0.3) is 0 Å². The average Bonchev–Trinajstić information content (AvgIpc) is 3.14. The molecule has 0 N–H and O–H groups in total. The molecule has 5 nitrogen and oxygen atoms in total. The molecule has 2 aromatic rings. The first-order valence-corrected chi connectivity index (χ1v) is 11.2. The van der Waals surface area contributed by atoms with Gasteiger partial charge >= 0.3 is 0 Å². The lowest BCUT2D eigenvalue weighted by molar-refractivity contribution is 0.143. The molecule has 29 heavy (non-hydrogen) atoms. The van der Waals surface area contributed by atoms with Crippen LogP contribution < -0.4 is 15.0 Å². The molecule has 1 atom stereocenters. The van der Waals surface area contributed by atoms with Crippen LogP contribution in [-0.2, 0) is 13.0 Å². The zero-order chi connectivity index (χ0) is 19.8. The first-order chi connectivity index (χ1) is 14.2. The third-order valence-electron chi connectivity index (χ3n) is 7.11.